The van der Waals surface area contributed by atoms with Gasteiger partial charge in [0, 0.05) is 17.4 Å². The molecule has 0 saturated carbocycles. The lowest BCUT2D eigenvalue weighted by Gasteiger charge is -2.05. The molecule has 4 rings (SSSR count). The van der Waals surface area contributed by atoms with Crippen LogP contribution in [0.15, 0.2) is 46.8 Å². The zero-order valence-corrected chi connectivity index (χ0v) is 16.4. The number of nitrogens with zero attached hydrogens (tertiary/aromatic N) is 2. The van der Waals surface area contributed by atoms with Gasteiger partial charge >= 0.3 is 0 Å². The summed E-state index contributed by atoms with van der Waals surface area (Å²) in [5.74, 6) is 2.18. The fourth-order valence-electron chi connectivity index (χ4n) is 2.42. The van der Waals surface area contributed by atoms with Crippen LogP contribution in [0.5, 0.6) is 17.2 Å². The largest absolute Gasteiger partial charge is 0.497 e. The lowest BCUT2D eigenvalue weighted by atomic mass is 10.3. The van der Waals surface area contributed by atoms with Crippen molar-refractivity contribution >= 4 is 45.5 Å². The van der Waals surface area contributed by atoms with Crippen LogP contribution in [0.25, 0.3) is 0 Å². The summed E-state index contributed by atoms with van der Waals surface area (Å²) in [6.45, 7) is 0.201. The van der Waals surface area contributed by atoms with E-state index in [0.717, 1.165) is 11.4 Å². The number of nitrogens with one attached hydrogen (secondary N) is 2. The number of amides is 1. The number of carbonyl (C=O) groups excluding carboxylic acids is 1. The molecule has 8 nitrogen and oxygen atoms in total. The number of ether oxygens (including phenoxy) is 3. The van der Waals surface area contributed by atoms with Crippen molar-refractivity contribution in [1.82, 2.24) is 10.2 Å². The molecule has 1 aliphatic heterocycles. The first-order chi connectivity index (χ1) is 13.7. The second-order valence-electron chi connectivity index (χ2n) is 5.63. The quantitative estimate of drug-likeness (QED) is 0.563. The van der Waals surface area contributed by atoms with Gasteiger partial charge in [-0.25, -0.2) is 0 Å². The van der Waals surface area contributed by atoms with Crippen LogP contribution in [0.2, 0.25) is 0 Å². The second kappa shape index (κ2) is 8.36. The van der Waals surface area contributed by atoms with Crippen LogP contribution in [-0.4, -0.2) is 35.8 Å². The first kappa shape index (κ1) is 18.4. The van der Waals surface area contributed by atoms with Crippen LogP contribution in [0.4, 0.5) is 16.5 Å². The Kier molecular flexibility index (Phi) is 5.49. The van der Waals surface area contributed by atoms with Crippen molar-refractivity contribution < 1.29 is 19.0 Å². The van der Waals surface area contributed by atoms with Gasteiger partial charge in [0.2, 0.25) is 17.8 Å². The van der Waals surface area contributed by atoms with Crippen molar-refractivity contribution in [2.45, 2.75) is 4.34 Å². The van der Waals surface area contributed by atoms with Crippen molar-refractivity contribution in [2.75, 3.05) is 30.3 Å². The molecule has 2 aromatic carbocycles. The first-order valence-corrected chi connectivity index (χ1v) is 10.1. The number of anilines is 3. The van der Waals surface area contributed by atoms with Gasteiger partial charge < -0.3 is 24.8 Å². The van der Waals surface area contributed by atoms with Crippen LogP contribution in [-0.2, 0) is 4.79 Å². The van der Waals surface area contributed by atoms with E-state index in [4.69, 9.17) is 14.2 Å². The Morgan fingerprint density at radius 3 is 2.75 bits per heavy atom. The Labute approximate surface area is 169 Å². The lowest BCUT2D eigenvalue weighted by Crippen LogP contribution is -2.13. The Bertz CT molecular complexity index is 978. The third-order valence-electron chi connectivity index (χ3n) is 3.73. The molecule has 0 saturated heterocycles. The Morgan fingerprint density at radius 1 is 1.14 bits per heavy atom. The van der Waals surface area contributed by atoms with Crippen LogP contribution < -0.4 is 24.8 Å². The average molecular weight is 416 g/mol. The molecule has 3 aromatic rings. The van der Waals surface area contributed by atoms with Crippen molar-refractivity contribution in [3.05, 3.63) is 42.5 Å². The van der Waals surface area contributed by atoms with Crippen LogP contribution in [0, 0.1) is 0 Å². The third-order valence-corrected chi connectivity index (χ3v) is 5.70. The first-order valence-electron chi connectivity index (χ1n) is 8.26. The Hall–Kier alpha value is -2.98. The number of thioether (sulfide) groups is 1. The highest BCUT2D eigenvalue weighted by molar-refractivity contribution is 8.01. The van der Waals surface area contributed by atoms with Gasteiger partial charge in [-0.2, -0.15) is 0 Å². The standard InChI is InChI=1S/C18H16N4O4S2/c1-24-13-5-2-11(3-6-13)20-17-21-22-18(28-17)27-9-16(23)19-12-4-7-14-15(8-12)26-10-25-14/h2-8H,9-10H2,1H3,(H,19,23)(H,20,21). The maximum Gasteiger partial charge on any atom is 0.234 e. The summed E-state index contributed by atoms with van der Waals surface area (Å²) in [5, 5.41) is 14.9. The molecule has 0 bridgehead atoms. The summed E-state index contributed by atoms with van der Waals surface area (Å²) in [6, 6.07) is 12.8. The molecule has 0 radical (unpaired) electrons. The van der Waals surface area contributed by atoms with E-state index in [2.05, 4.69) is 20.8 Å². The van der Waals surface area contributed by atoms with E-state index in [0.29, 0.717) is 26.7 Å². The predicted molar refractivity (Wildman–Crippen MR) is 108 cm³/mol. The highest BCUT2D eigenvalue weighted by atomic mass is 32.2. The molecule has 0 spiro atoms. The molecule has 28 heavy (non-hydrogen) atoms. The lowest BCUT2D eigenvalue weighted by molar-refractivity contribution is -0.113. The van der Waals surface area contributed by atoms with Crippen LogP contribution in [0.1, 0.15) is 0 Å². The highest BCUT2D eigenvalue weighted by Gasteiger charge is 2.14. The summed E-state index contributed by atoms with van der Waals surface area (Å²) < 4.78 is 16.4. The molecule has 1 aliphatic rings. The van der Waals surface area contributed by atoms with Crippen molar-refractivity contribution in [2.24, 2.45) is 0 Å². The normalized spacial score (nSPS) is 11.9. The molecule has 0 atom stereocenters. The van der Waals surface area contributed by atoms with E-state index in [-0.39, 0.29) is 18.5 Å². The third kappa shape index (κ3) is 4.46. The number of hydrogen-bond donors (Lipinski definition) is 2. The summed E-state index contributed by atoms with van der Waals surface area (Å²) in [4.78, 5) is 12.2. The smallest absolute Gasteiger partial charge is 0.234 e. The highest BCUT2D eigenvalue weighted by Crippen LogP contribution is 2.34. The zero-order valence-electron chi connectivity index (χ0n) is 14.8. The predicted octanol–water partition coefficient (Wildman–Crippen LogP) is 3.75. The number of aromatic nitrogens is 2. The maximum absolute atomic E-state index is 12.2. The SMILES string of the molecule is COc1ccc(Nc2nnc(SCC(=O)Nc3ccc4c(c3)OCO4)s2)cc1. The van der Waals surface area contributed by atoms with Gasteiger partial charge in [0.05, 0.1) is 12.9 Å². The minimum Gasteiger partial charge on any atom is -0.497 e. The van der Waals surface area contributed by atoms with Gasteiger partial charge in [0.1, 0.15) is 5.75 Å². The number of rotatable bonds is 7. The molecule has 0 aliphatic carbocycles. The molecule has 2 N–H and O–H groups in total. The van der Waals surface area contributed by atoms with Gasteiger partial charge in [-0.3, -0.25) is 4.79 Å². The molecular formula is C18H16N4O4S2. The topological polar surface area (TPSA) is 94.6 Å². The number of carbonyl (C=O) groups is 1. The summed E-state index contributed by atoms with van der Waals surface area (Å²) in [6.07, 6.45) is 0. The fourth-order valence-corrected chi connectivity index (χ4v) is 3.99. The van der Waals surface area contributed by atoms with E-state index in [1.807, 2.05) is 24.3 Å². The minimum absolute atomic E-state index is 0.135. The van der Waals surface area contributed by atoms with Gasteiger partial charge in [-0.1, -0.05) is 23.1 Å². The van der Waals surface area contributed by atoms with E-state index < -0.39 is 0 Å². The number of methoxy groups -OCH3 is 1. The molecule has 144 valence electrons. The average Bonchev–Trinajstić information content (AvgIpc) is 3.36. The monoisotopic (exact) mass is 416 g/mol. The van der Waals surface area contributed by atoms with Gasteiger partial charge in [-0.05, 0) is 36.4 Å². The molecule has 2 heterocycles. The molecule has 1 amide bonds. The number of benzene rings is 2. The number of hydrogen-bond acceptors (Lipinski definition) is 9. The van der Waals surface area contributed by atoms with Crippen molar-refractivity contribution in [1.29, 1.82) is 0 Å². The molecule has 10 heteroatoms. The van der Waals surface area contributed by atoms with Crippen molar-refractivity contribution in [3.8, 4) is 17.2 Å². The van der Waals surface area contributed by atoms with Gasteiger partial charge in [-0.15, -0.1) is 10.2 Å². The summed E-state index contributed by atoms with van der Waals surface area (Å²) in [5.41, 5.74) is 1.54. The molecule has 1 aromatic heterocycles. The van der Waals surface area contributed by atoms with E-state index in [9.17, 15) is 4.79 Å². The summed E-state index contributed by atoms with van der Waals surface area (Å²) in [7, 11) is 1.62. The summed E-state index contributed by atoms with van der Waals surface area (Å²) >= 11 is 2.71. The Morgan fingerprint density at radius 2 is 1.93 bits per heavy atom. The van der Waals surface area contributed by atoms with Crippen molar-refractivity contribution in [3.63, 3.8) is 0 Å². The van der Waals surface area contributed by atoms with E-state index in [1.54, 1.807) is 25.3 Å². The van der Waals surface area contributed by atoms with Gasteiger partial charge in [0.25, 0.3) is 0 Å². The number of fused-ring (bicyclic) bond motifs is 1. The molecular weight excluding hydrogens is 400 g/mol. The zero-order chi connectivity index (χ0) is 19.3. The van der Waals surface area contributed by atoms with Crippen LogP contribution in [0.3, 0.4) is 0 Å². The molecule has 0 fully saturated rings. The Balaban J connectivity index is 1.28. The fraction of sp³-hybridized carbons (Fsp3) is 0.167. The second-order valence-corrected chi connectivity index (χ2v) is 7.83. The minimum atomic E-state index is -0.135. The van der Waals surface area contributed by atoms with Crippen LogP contribution >= 0.6 is 23.1 Å². The molecule has 0 unspecified atom stereocenters. The van der Waals surface area contributed by atoms with Gasteiger partial charge in [0.15, 0.2) is 15.8 Å². The van der Waals surface area contributed by atoms with E-state index in [1.165, 1.54) is 23.1 Å². The maximum atomic E-state index is 12.2. The van der Waals surface area contributed by atoms with E-state index >= 15 is 0 Å².